The number of fused-ring (bicyclic) bond motifs is 2. The van der Waals surface area contributed by atoms with Gasteiger partial charge in [-0.1, -0.05) is 0 Å². The third kappa shape index (κ3) is 8.84. The Morgan fingerprint density at radius 3 is 2.30 bits per heavy atom. The zero-order valence-electron chi connectivity index (χ0n) is 37.0. The van der Waals surface area contributed by atoms with Gasteiger partial charge in [0.05, 0.1) is 39.6 Å². The van der Waals surface area contributed by atoms with Crippen LogP contribution in [0.3, 0.4) is 0 Å². The van der Waals surface area contributed by atoms with Gasteiger partial charge in [0, 0.05) is 71.0 Å². The van der Waals surface area contributed by atoms with Crippen LogP contribution in [0.5, 0.6) is 11.5 Å². The number of hydrogen-bond acceptors (Lipinski definition) is 14. The Bertz CT molecular complexity index is 3130. The number of aromatic nitrogens is 3. The number of nitriles is 1. The zero-order chi connectivity index (χ0) is 48.1. The number of nitrogens with one attached hydrogen (secondary N) is 2. The summed E-state index contributed by atoms with van der Waals surface area (Å²) in [5, 5.41) is 12.3. The van der Waals surface area contributed by atoms with Gasteiger partial charge in [-0.25, -0.2) is 18.7 Å². The fourth-order valence-electron chi connectivity index (χ4n) is 9.69. The molecule has 2 atom stereocenters. The summed E-state index contributed by atoms with van der Waals surface area (Å²) in [4.78, 5) is 81.5. The van der Waals surface area contributed by atoms with E-state index < -0.39 is 68.7 Å². The smallest absolute Gasteiger partial charge is 0.301 e. The van der Waals surface area contributed by atoms with Gasteiger partial charge < -0.3 is 14.5 Å². The summed E-state index contributed by atoms with van der Waals surface area (Å²) in [6, 6.07) is 16.0. The molecule has 69 heavy (non-hydrogen) atoms. The number of benzene rings is 3. The fraction of sp³-hybridized carbons (Fsp3) is 0.362. The second-order valence-electron chi connectivity index (χ2n) is 17.7. The standard InChI is InChI=1S/C47H45F2N11O8S/c48-29-13-16-58(26-29)69(66,67)54-39-7-5-37(49)43(36(39)23-50)68-32-3-6-38-35(22-32)45(63)59(27-52-38)31-2-9-41(51-24-31)57-14-11-28(12-15-57)25-55-17-19-56(20-18-55)30-1-4-33-34(21-30)47(65)60(46(33)64)40-8-10-42(61)53-44(40)62/h1-7,9,21-22,24,27-29,40,54H,8,10-20,25-26H2,(H,53,61,62)/t29-,40?/m1/s1. The van der Waals surface area contributed by atoms with Crippen molar-refractivity contribution in [2.24, 2.45) is 5.92 Å². The number of pyridine rings is 1. The van der Waals surface area contributed by atoms with E-state index in [1.54, 1.807) is 30.5 Å². The Hall–Kier alpha value is -7.35. The van der Waals surface area contributed by atoms with Crippen molar-refractivity contribution in [2.75, 3.05) is 73.4 Å². The van der Waals surface area contributed by atoms with Crippen LogP contribution in [0.2, 0.25) is 0 Å². The second-order valence-corrected chi connectivity index (χ2v) is 19.4. The van der Waals surface area contributed by atoms with Crippen molar-refractivity contribution in [1.82, 2.24) is 34.0 Å². The number of halogens is 2. The molecule has 356 valence electrons. The lowest BCUT2D eigenvalue weighted by Gasteiger charge is -2.40. The molecule has 22 heteroatoms. The molecule has 5 aliphatic heterocycles. The third-order valence-corrected chi connectivity index (χ3v) is 15.0. The lowest BCUT2D eigenvalue weighted by Crippen LogP contribution is -2.54. The lowest BCUT2D eigenvalue weighted by atomic mass is 9.96. The number of alkyl halides is 1. The molecule has 19 nitrogen and oxygen atoms in total. The van der Waals surface area contributed by atoms with Crippen molar-refractivity contribution in [2.45, 2.75) is 44.3 Å². The minimum absolute atomic E-state index is 0.00957. The second kappa shape index (κ2) is 18.3. The summed E-state index contributed by atoms with van der Waals surface area (Å²) in [6.07, 6.45) is 3.79. The Labute approximate surface area is 394 Å². The molecular weight excluding hydrogens is 917 g/mol. The predicted octanol–water partition coefficient (Wildman–Crippen LogP) is 3.72. The summed E-state index contributed by atoms with van der Waals surface area (Å²) < 4.78 is 65.0. The summed E-state index contributed by atoms with van der Waals surface area (Å²) in [7, 11) is -4.25. The molecule has 1 unspecified atom stereocenters. The first-order chi connectivity index (χ1) is 33.2. The van der Waals surface area contributed by atoms with Crippen LogP contribution in [0.1, 0.15) is 58.4 Å². The summed E-state index contributed by atoms with van der Waals surface area (Å²) in [5.74, 6) is -2.37. The van der Waals surface area contributed by atoms with Crippen LogP contribution in [0.4, 0.5) is 26.0 Å². The maximum absolute atomic E-state index is 15.2. The van der Waals surface area contributed by atoms with E-state index in [4.69, 9.17) is 4.74 Å². The summed E-state index contributed by atoms with van der Waals surface area (Å²) >= 11 is 0. The summed E-state index contributed by atoms with van der Waals surface area (Å²) in [5.41, 5.74) is 0.997. The number of carbonyl (C=O) groups is 4. The van der Waals surface area contributed by atoms with Crippen LogP contribution in [-0.2, 0) is 19.8 Å². The number of anilines is 3. The zero-order valence-corrected chi connectivity index (χ0v) is 37.8. The average molecular weight is 962 g/mol. The minimum atomic E-state index is -4.25. The van der Waals surface area contributed by atoms with Gasteiger partial charge in [-0.3, -0.25) is 48.4 Å². The number of piperazine rings is 1. The van der Waals surface area contributed by atoms with E-state index in [2.05, 4.69) is 34.7 Å². The highest BCUT2D eigenvalue weighted by Crippen LogP contribution is 2.36. The molecule has 4 fully saturated rings. The molecule has 0 saturated carbocycles. The Balaban J connectivity index is 0.737. The SMILES string of the molecule is N#Cc1c(NS(=O)(=O)N2CC[C@@H](F)C2)ccc(F)c1Oc1ccc2ncn(-c3ccc(N4CCC(CN5CCN(c6ccc7c(c6)C(=O)N(C6CCC(=O)NC6=O)C7=O)CC5)CC4)nc3)c(=O)c2c1. The normalized spacial score (nSPS) is 20.6. The highest BCUT2D eigenvalue weighted by atomic mass is 32.2. The molecule has 5 aromatic rings. The quantitative estimate of drug-likeness (QED) is 0.180. The van der Waals surface area contributed by atoms with Crippen LogP contribution in [0.15, 0.2) is 78.0 Å². The maximum Gasteiger partial charge on any atom is 0.301 e. The molecule has 3 aromatic carbocycles. The Kier molecular flexibility index (Phi) is 12.0. The van der Waals surface area contributed by atoms with Crippen molar-refractivity contribution < 1.29 is 41.1 Å². The highest BCUT2D eigenvalue weighted by Gasteiger charge is 2.45. The number of nitrogens with zero attached hydrogens (tertiary/aromatic N) is 9. The van der Waals surface area contributed by atoms with Crippen LogP contribution in [0.25, 0.3) is 16.6 Å². The van der Waals surface area contributed by atoms with Crippen molar-refractivity contribution in [1.29, 1.82) is 5.26 Å². The number of carbonyl (C=O) groups excluding carboxylic acids is 4. The molecule has 0 bridgehead atoms. The van der Waals surface area contributed by atoms with E-state index >= 15 is 4.39 Å². The van der Waals surface area contributed by atoms with Gasteiger partial charge in [-0.05, 0) is 92.3 Å². The first-order valence-electron chi connectivity index (χ1n) is 22.6. The number of amides is 4. The molecule has 0 radical (unpaired) electrons. The maximum atomic E-state index is 15.2. The lowest BCUT2D eigenvalue weighted by molar-refractivity contribution is -0.136. The monoisotopic (exact) mass is 961 g/mol. The van der Waals surface area contributed by atoms with Crippen LogP contribution in [0, 0.1) is 23.1 Å². The van der Waals surface area contributed by atoms with E-state index in [1.807, 2.05) is 12.1 Å². The fourth-order valence-corrected chi connectivity index (χ4v) is 11.0. The molecule has 4 amide bonds. The molecule has 2 N–H and O–H groups in total. The van der Waals surface area contributed by atoms with Crippen LogP contribution >= 0.6 is 0 Å². The van der Waals surface area contributed by atoms with Gasteiger partial charge in [0.2, 0.25) is 11.8 Å². The predicted molar refractivity (Wildman–Crippen MR) is 247 cm³/mol. The van der Waals surface area contributed by atoms with Crippen LogP contribution in [-0.4, -0.2) is 132 Å². The van der Waals surface area contributed by atoms with Gasteiger partial charge in [0.25, 0.3) is 17.4 Å². The number of hydrogen-bond donors (Lipinski definition) is 2. The number of piperidine rings is 2. The van der Waals surface area contributed by atoms with E-state index in [-0.39, 0.29) is 60.3 Å². The van der Waals surface area contributed by atoms with E-state index in [0.717, 1.165) is 91.5 Å². The average Bonchev–Trinajstić information content (AvgIpc) is 3.90. The van der Waals surface area contributed by atoms with Gasteiger partial charge in [-0.2, -0.15) is 18.0 Å². The van der Waals surface area contributed by atoms with E-state index in [1.165, 1.54) is 29.1 Å². The Morgan fingerprint density at radius 2 is 1.59 bits per heavy atom. The van der Waals surface area contributed by atoms with E-state index in [0.29, 0.717) is 17.1 Å². The first-order valence-corrected chi connectivity index (χ1v) is 24.1. The third-order valence-electron chi connectivity index (χ3n) is 13.5. The topological polar surface area (TPSA) is 223 Å². The number of imide groups is 2. The minimum Gasteiger partial charge on any atom is -0.453 e. The van der Waals surface area contributed by atoms with Gasteiger partial charge in [0.1, 0.15) is 41.7 Å². The molecular formula is C47H45F2N11O8S. The van der Waals surface area contributed by atoms with Gasteiger partial charge in [-0.15, -0.1) is 0 Å². The van der Waals surface area contributed by atoms with E-state index in [9.17, 15) is 42.0 Å². The Morgan fingerprint density at radius 1 is 0.826 bits per heavy atom. The molecule has 10 rings (SSSR count). The molecule has 4 saturated heterocycles. The van der Waals surface area contributed by atoms with Crippen molar-refractivity contribution in [3.8, 4) is 23.3 Å². The summed E-state index contributed by atoms with van der Waals surface area (Å²) in [6.45, 7) is 5.30. The van der Waals surface area contributed by atoms with Gasteiger partial charge >= 0.3 is 10.2 Å². The molecule has 5 aliphatic rings. The molecule has 7 heterocycles. The number of ether oxygens (including phenoxy) is 1. The van der Waals surface area contributed by atoms with Crippen molar-refractivity contribution >= 4 is 61.9 Å². The number of rotatable bonds is 11. The first kappa shape index (κ1) is 45.4. The molecule has 2 aromatic heterocycles. The van der Waals surface area contributed by atoms with Crippen molar-refractivity contribution in [3.05, 3.63) is 106 Å². The largest absolute Gasteiger partial charge is 0.453 e. The molecule has 0 spiro atoms. The molecule has 0 aliphatic carbocycles. The van der Waals surface area contributed by atoms with Crippen molar-refractivity contribution in [3.63, 3.8) is 0 Å². The highest BCUT2D eigenvalue weighted by molar-refractivity contribution is 7.90. The van der Waals surface area contributed by atoms with Crippen LogP contribution < -0.4 is 30.1 Å². The van der Waals surface area contributed by atoms with Gasteiger partial charge in [0.15, 0.2) is 11.6 Å².